The summed E-state index contributed by atoms with van der Waals surface area (Å²) in [5.41, 5.74) is 0.959. The van der Waals surface area contributed by atoms with Crippen molar-refractivity contribution in [2.75, 3.05) is 5.32 Å². The van der Waals surface area contributed by atoms with Crippen LogP contribution in [0.4, 0.5) is 5.82 Å². The Bertz CT molecular complexity index is 979. The van der Waals surface area contributed by atoms with Crippen molar-refractivity contribution in [3.05, 3.63) is 58.6 Å². The molecule has 0 saturated heterocycles. The molecule has 3 rings (SSSR count). The minimum atomic E-state index is -0.941. The Morgan fingerprint density at radius 1 is 1.11 bits per heavy atom. The number of hydrogen-bond acceptors (Lipinski definition) is 5. The van der Waals surface area contributed by atoms with Gasteiger partial charge in [0, 0.05) is 22.0 Å². The summed E-state index contributed by atoms with van der Waals surface area (Å²) >= 11 is 7.21. The van der Waals surface area contributed by atoms with Gasteiger partial charge in [-0.25, -0.2) is 9.48 Å². The molecule has 0 spiro atoms. The number of anilines is 1. The van der Waals surface area contributed by atoms with Gasteiger partial charge in [-0.15, -0.1) is 11.3 Å². The van der Waals surface area contributed by atoms with Crippen molar-refractivity contribution in [1.82, 2.24) is 9.78 Å². The van der Waals surface area contributed by atoms with Crippen molar-refractivity contribution < 1.29 is 14.3 Å². The fraction of sp³-hybridized carbons (Fsp3) is 0.250. The van der Waals surface area contributed by atoms with E-state index in [9.17, 15) is 9.59 Å². The Balaban J connectivity index is 1.63. The first-order chi connectivity index (χ1) is 13.3. The lowest BCUT2D eigenvalue weighted by Crippen LogP contribution is -2.30. The molecule has 8 heteroatoms. The van der Waals surface area contributed by atoms with Crippen molar-refractivity contribution >= 4 is 40.6 Å². The molecule has 0 aliphatic carbocycles. The quantitative estimate of drug-likeness (QED) is 0.571. The molecule has 0 saturated carbocycles. The summed E-state index contributed by atoms with van der Waals surface area (Å²) in [5, 5.41) is 7.55. The number of benzene rings is 1. The number of esters is 1. The van der Waals surface area contributed by atoms with Crippen LogP contribution in [0.2, 0.25) is 5.02 Å². The topological polar surface area (TPSA) is 73.2 Å². The van der Waals surface area contributed by atoms with Crippen molar-refractivity contribution in [3.8, 4) is 10.4 Å². The molecule has 2 aromatic heterocycles. The van der Waals surface area contributed by atoms with E-state index in [0.29, 0.717) is 15.7 Å². The summed E-state index contributed by atoms with van der Waals surface area (Å²) in [4.78, 5) is 26.1. The van der Waals surface area contributed by atoms with Crippen LogP contribution in [-0.2, 0) is 9.53 Å². The van der Waals surface area contributed by atoms with E-state index in [0.717, 1.165) is 10.4 Å². The lowest BCUT2D eigenvalue weighted by atomic mass is 10.2. The second-order valence-corrected chi connectivity index (χ2v) is 7.98. The molecule has 0 unspecified atom stereocenters. The first-order valence-electron chi connectivity index (χ1n) is 8.76. The van der Waals surface area contributed by atoms with Crippen molar-refractivity contribution in [2.45, 2.75) is 32.9 Å². The lowest BCUT2D eigenvalue weighted by molar-refractivity contribution is -0.123. The summed E-state index contributed by atoms with van der Waals surface area (Å²) in [7, 11) is 0. The number of hydrogen-bond donors (Lipinski definition) is 1. The van der Waals surface area contributed by atoms with Crippen molar-refractivity contribution in [1.29, 1.82) is 0 Å². The monoisotopic (exact) mass is 417 g/mol. The molecule has 0 radical (unpaired) electrons. The maximum absolute atomic E-state index is 12.4. The Labute approximate surface area is 172 Å². The minimum absolute atomic E-state index is 0.0977. The normalized spacial score (nSPS) is 12.0. The number of nitrogens with zero attached hydrogens (tertiary/aromatic N) is 2. The Kier molecular flexibility index (Phi) is 6.16. The van der Waals surface area contributed by atoms with Gasteiger partial charge in [0.1, 0.15) is 10.7 Å². The zero-order valence-corrected chi connectivity index (χ0v) is 17.3. The van der Waals surface area contributed by atoms with E-state index in [-0.39, 0.29) is 6.04 Å². The maximum Gasteiger partial charge on any atom is 0.349 e. The first-order valence-corrected chi connectivity index (χ1v) is 9.95. The van der Waals surface area contributed by atoms with E-state index < -0.39 is 18.0 Å². The van der Waals surface area contributed by atoms with Crippen LogP contribution in [0.15, 0.2) is 48.7 Å². The highest BCUT2D eigenvalue weighted by atomic mass is 35.5. The van der Waals surface area contributed by atoms with Crippen molar-refractivity contribution in [2.24, 2.45) is 0 Å². The number of amides is 1. The number of ether oxygens (including phenoxy) is 1. The Morgan fingerprint density at radius 2 is 1.82 bits per heavy atom. The number of aromatic nitrogens is 2. The summed E-state index contributed by atoms with van der Waals surface area (Å²) in [6.07, 6.45) is 0.667. The number of carbonyl (C=O) groups excluding carboxylic acids is 2. The zero-order chi connectivity index (χ0) is 20.3. The number of halogens is 1. The van der Waals surface area contributed by atoms with Gasteiger partial charge < -0.3 is 10.1 Å². The molecule has 3 aromatic rings. The smallest absolute Gasteiger partial charge is 0.349 e. The summed E-state index contributed by atoms with van der Waals surface area (Å²) in [6.45, 7) is 5.46. The summed E-state index contributed by atoms with van der Waals surface area (Å²) < 4.78 is 7.01. The maximum atomic E-state index is 12.4. The first kappa shape index (κ1) is 20.1. The van der Waals surface area contributed by atoms with Crippen molar-refractivity contribution in [3.63, 3.8) is 0 Å². The standard InChI is InChI=1S/C20H20ClN3O3S/c1-12(2)24-18(10-11-22-24)23-19(25)13(3)27-20(26)17-9-8-16(28-17)14-4-6-15(21)7-5-14/h4-13H,1-3H3,(H,23,25)/t13-/m0/s1. The molecule has 0 bridgehead atoms. The molecular formula is C20H20ClN3O3S. The van der Waals surface area contributed by atoms with Crippen LogP contribution in [-0.4, -0.2) is 27.8 Å². The van der Waals surface area contributed by atoms with Gasteiger partial charge in [-0.2, -0.15) is 5.10 Å². The van der Waals surface area contributed by atoms with Gasteiger partial charge in [0.15, 0.2) is 6.10 Å². The minimum Gasteiger partial charge on any atom is -0.448 e. The van der Waals surface area contributed by atoms with Gasteiger partial charge in [-0.3, -0.25) is 4.79 Å². The van der Waals surface area contributed by atoms with Gasteiger partial charge in [-0.1, -0.05) is 23.7 Å². The van der Waals surface area contributed by atoms with Crippen LogP contribution in [0.3, 0.4) is 0 Å². The molecule has 1 amide bonds. The molecule has 1 atom stereocenters. The average Bonchev–Trinajstić information content (AvgIpc) is 3.31. The van der Waals surface area contributed by atoms with Gasteiger partial charge >= 0.3 is 5.97 Å². The number of nitrogens with one attached hydrogen (secondary N) is 1. The van der Waals surface area contributed by atoms with Gasteiger partial charge in [0.2, 0.25) is 0 Å². The molecule has 1 N–H and O–H groups in total. The average molecular weight is 418 g/mol. The third-order valence-corrected chi connectivity index (χ3v) is 5.37. The van der Waals surface area contributed by atoms with Gasteiger partial charge in [0.25, 0.3) is 5.91 Å². The molecule has 2 heterocycles. The highest BCUT2D eigenvalue weighted by molar-refractivity contribution is 7.17. The highest BCUT2D eigenvalue weighted by Gasteiger charge is 2.21. The zero-order valence-electron chi connectivity index (χ0n) is 15.7. The number of carbonyl (C=O) groups is 2. The van der Waals surface area contributed by atoms with Crippen LogP contribution in [0, 0.1) is 0 Å². The Hall–Kier alpha value is -2.64. The third-order valence-electron chi connectivity index (χ3n) is 4.00. The Morgan fingerprint density at radius 3 is 2.50 bits per heavy atom. The van der Waals surface area contributed by atoms with E-state index in [1.54, 1.807) is 35.1 Å². The molecule has 6 nitrogen and oxygen atoms in total. The lowest BCUT2D eigenvalue weighted by Gasteiger charge is -2.15. The summed E-state index contributed by atoms with van der Waals surface area (Å²) in [6, 6.07) is 12.7. The van der Waals surface area contributed by atoms with Crippen LogP contribution in [0.1, 0.15) is 36.5 Å². The molecule has 0 aliphatic heterocycles. The molecule has 1 aromatic carbocycles. The third kappa shape index (κ3) is 4.61. The molecular weight excluding hydrogens is 398 g/mol. The number of rotatable bonds is 6. The van der Waals surface area contributed by atoms with E-state index in [2.05, 4.69) is 10.4 Å². The second kappa shape index (κ2) is 8.58. The fourth-order valence-corrected chi connectivity index (χ4v) is 3.56. The SMILES string of the molecule is CC(C)n1nccc1NC(=O)[C@H](C)OC(=O)c1ccc(-c2ccc(Cl)cc2)s1. The van der Waals surface area contributed by atoms with Crippen LogP contribution in [0.25, 0.3) is 10.4 Å². The fourth-order valence-electron chi connectivity index (χ4n) is 2.54. The summed E-state index contributed by atoms with van der Waals surface area (Å²) in [5.74, 6) is -0.389. The van der Waals surface area contributed by atoms with E-state index in [1.165, 1.54) is 18.3 Å². The van der Waals surface area contributed by atoms with E-state index >= 15 is 0 Å². The predicted molar refractivity (Wildman–Crippen MR) is 111 cm³/mol. The molecule has 146 valence electrons. The van der Waals surface area contributed by atoms with Gasteiger partial charge in [-0.05, 0) is 50.6 Å². The predicted octanol–water partition coefficient (Wildman–Crippen LogP) is 5.03. The molecule has 0 aliphatic rings. The van der Waals surface area contributed by atoms with E-state index in [1.807, 2.05) is 32.0 Å². The largest absolute Gasteiger partial charge is 0.448 e. The van der Waals surface area contributed by atoms with Crippen LogP contribution in [0.5, 0.6) is 0 Å². The molecule has 0 fully saturated rings. The van der Waals surface area contributed by atoms with Gasteiger partial charge in [0.05, 0.1) is 6.20 Å². The van der Waals surface area contributed by atoms with Crippen LogP contribution >= 0.6 is 22.9 Å². The second-order valence-electron chi connectivity index (χ2n) is 6.46. The highest BCUT2D eigenvalue weighted by Crippen LogP contribution is 2.29. The van der Waals surface area contributed by atoms with Crippen LogP contribution < -0.4 is 5.32 Å². The van der Waals surface area contributed by atoms with E-state index in [4.69, 9.17) is 16.3 Å². The number of thiophene rings is 1. The molecule has 28 heavy (non-hydrogen) atoms.